The van der Waals surface area contributed by atoms with Crippen molar-refractivity contribution in [2.45, 2.75) is 32.2 Å². The van der Waals surface area contributed by atoms with Gasteiger partial charge in [-0.3, -0.25) is 9.59 Å². The maximum absolute atomic E-state index is 13.8. The Labute approximate surface area is 166 Å². The molecule has 1 fully saturated rings. The molecular formula is C21H19FN4O3. The molecule has 2 N–H and O–H groups in total. The van der Waals surface area contributed by atoms with Crippen molar-refractivity contribution < 1.29 is 18.5 Å². The summed E-state index contributed by atoms with van der Waals surface area (Å²) in [4.78, 5) is 29.1. The first-order valence-electron chi connectivity index (χ1n) is 9.28. The minimum absolute atomic E-state index is 0.0652. The van der Waals surface area contributed by atoms with Gasteiger partial charge in [0, 0.05) is 17.2 Å². The van der Waals surface area contributed by atoms with Crippen LogP contribution in [0.25, 0.3) is 0 Å². The maximum Gasteiger partial charge on any atom is 0.258 e. The van der Waals surface area contributed by atoms with Crippen molar-refractivity contribution in [3.8, 4) is 0 Å². The first kappa shape index (κ1) is 18.8. The predicted molar refractivity (Wildman–Crippen MR) is 103 cm³/mol. The average Bonchev–Trinajstić information content (AvgIpc) is 3.46. The minimum atomic E-state index is -0.610. The summed E-state index contributed by atoms with van der Waals surface area (Å²) < 4.78 is 19.0. The minimum Gasteiger partial charge on any atom is -0.343 e. The van der Waals surface area contributed by atoms with E-state index in [1.54, 1.807) is 31.2 Å². The molecule has 29 heavy (non-hydrogen) atoms. The highest BCUT2D eigenvalue weighted by Crippen LogP contribution is 2.38. The number of nitrogens with zero attached hydrogens (tertiary/aromatic N) is 2. The summed E-state index contributed by atoms with van der Waals surface area (Å²) >= 11 is 0. The van der Waals surface area contributed by atoms with Gasteiger partial charge in [0.1, 0.15) is 5.82 Å². The van der Waals surface area contributed by atoms with E-state index in [4.69, 9.17) is 4.52 Å². The SMILES string of the molecule is Cc1ccc(C(=O)NCc2nc(C3CC3)no2)cc1NC(=O)c1ccccc1F. The fourth-order valence-corrected chi connectivity index (χ4v) is 2.84. The zero-order valence-electron chi connectivity index (χ0n) is 15.7. The highest BCUT2D eigenvalue weighted by Gasteiger charge is 2.28. The molecule has 1 aliphatic carbocycles. The molecule has 2 amide bonds. The van der Waals surface area contributed by atoms with Crippen molar-refractivity contribution in [3.63, 3.8) is 0 Å². The molecule has 0 saturated heterocycles. The van der Waals surface area contributed by atoms with E-state index in [-0.39, 0.29) is 18.0 Å². The van der Waals surface area contributed by atoms with Crippen LogP contribution in [0.15, 0.2) is 47.0 Å². The Bertz CT molecular complexity index is 1080. The Hall–Kier alpha value is -3.55. The summed E-state index contributed by atoms with van der Waals surface area (Å²) in [6.07, 6.45) is 2.13. The van der Waals surface area contributed by atoms with Crippen molar-refractivity contribution in [2.75, 3.05) is 5.32 Å². The molecule has 0 bridgehead atoms. The van der Waals surface area contributed by atoms with Crippen LogP contribution < -0.4 is 10.6 Å². The molecule has 0 spiro atoms. The summed E-state index contributed by atoms with van der Waals surface area (Å²) in [5, 5.41) is 9.29. The Morgan fingerprint density at radius 1 is 1.17 bits per heavy atom. The first-order valence-corrected chi connectivity index (χ1v) is 9.28. The number of anilines is 1. The van der Waals surface area contributed by atoms with Crippen molar-refractivity contribution in [3.05, 3.63) is 76.7 Å². The topological polar surface area (TPSA) is 97.1 Å². The Kier molecular flexibility index (Phi) is 5.07. The van der Waals surface area contributed by atoms with Crippen molar-refractivity contribution in [2.24, 2.45) is 0 Å². The number of amides is 2. The van der Waals surface area contributed by atoms with Gasteiger partial charge in [0.2, 0.25) is 5.89 Å². The van der Waals surface area contributed by atoms with E-state index in [1.807, 2.05) is 0 Å². The summed E-state index contributed by atoms with van der Waals surface area (Å²) in [7, 11) is 0. The molecule has 8 heteroatoms. The average molecular weight is 394 g/mol. The van der Waals surface area contributed by atoms with Gasteiger partial charge in [0.05, 0.1) is 12.1 Å². The van der Waals surface area contributed by atoms with Crippen LogP contribution >= 0.6 is 0 Å². The van der Waals surface area contributed by atoms with Gasteiger partial charge < -0.3 is 15.2 Å². The third kappa shape index (κ3) is 4.31. The molecule has 0 aliphatic heterocycles. The number of aryl methyl sites for hydroxylation is 1. The lowest BCUT2D eigenvalue weighted by molar-refractivity contribution is 0.0945. The largest absolute Gasteiger partial charge is 0.343 e. The second kappa shape index (κ2) is 7.83. The normalized spacial score (nSPS) is 13.2. The molecule has 3 aromatic rings. The Morgan fingerprint density at radius 3 is 2.72 bits per heavy atom. The smallest absolute Gasteiger partial charge is 0.258 e. The fourth-order valence-electron chi connectivity index (χ4n) is 2.84. The predicted octanol–water partition coefficient (Wildman–Crippen LogP) is 3.58. The highest BCUT2D eigenvalue weighted by atomic mass is 19.1. The molecule has 2 aromatic carbocycles. The van der Waals surface area contributed by atoms with Gasteiger partial charge in [-0.15, -0.1) is 0 Å². The summed E-state index contributed by atoms with van der Waals surface area (Å²) in [5.74, 6) is -0.134. The number of rotatable bonds is 6. The van der Waals surface area contributed by atoms with Crippen LogP contribution in [0.3, 0.4) is 0 Å². The van der Waals surface area contributed by atoms with Crippen molar-refractivity contribution in [1.29, 1.82) is 0 Å². The van der Waals surface area contributed by atoms with Gasteiger partial charge in [0.25, 0.3) is 11.8 Å². The highest BCUT2D eigenvalue weighted by molar-refractivity contribution is 6.05. The quantitative estimate of drug-likeness (QED) is 0.666. The van der Waals surface area contributed by atoms with E-state index in [0.29, 0.717) is 28.9 Å². The molecule has 1 heterocycles. The third-order valence-electron chi connectivity index (χ3n) is 4.69. The van der Waals surface area contributed by atoms with E-state index in [2.05, 4.69) is 20.8 Å². The van der Waals surface area contributed by atoms with Crippen molar-refractivity contribution >= 4 is 17.5 Å². The van der Waals surface area contributed by atoms with Crippen LogP contribution in [-0.2, 0) is 6.54 Å². The fraction of sp³-hybridized carbons (Fsp3) is 0.238. The summed E-state index contributed by atoms with van der Waals surface area (Å²) in [5.41, 5.74) is 1.46. The summed E-state index contributed by atoms with van der Waals surface area (Å²) in [6, 6.07) is 10.6. The van der Waals surface area contributed by atoms with Gasteiger partial charge in [-0.25, -0.2) is 4.39 Å². The number of hydrogen-bond acceptors (Lipinski definition) is 5. The van der Waals surface area contributed by atoms with E-state index in [9.17, 15) is 14.0 Å². The number of carbonyl (C=O) groups excluding carboxylic acids is 2. The molecule has 0 atom stereocenters. The van der Waals surface area contributed by atoms with E-state index >= 15 is 0 Å². The molecule has 1 saturated carbocycles. The number of aromatic nitrogens is 2. The summed E-state index contributed by atoms with van der Waals surface area (Å²) in [6.45, 7) is 1.90. The van der Waals surface area contributed by atoms with Crippen LogP contribution in [0, 0.1) is 12.7 Å². The van der Waals surface area contributed by atoms with Crippen LogP contribution in [0.4, 0.5) is 10.1 Å². The lowest BCUT2D eigenvalue weighted by Crippen LogP contribution is -2.23. The number of carbonyl (C=O) groups is 2. The van der Waals surface area contributed by atoms with Crippen LogP contribution in [0.5, 0.6) is 0 Å². The second-order valence-corrected chi connectivity index (χ2v) is 6.97. The van der Waals surface area contributed by atoms with Gasteiger partial charge >= 0.3 is 0 Å². The molecule has 148 valence electrons. The molecule has 4 rings (SSSR count). The van der Waals surface area contributed by atoms with Crippen LogP contribution in [0.2, 0.25) is 0 Å². The van der Waals surface area contributed by atoms with Gasteiger partial charge in [-0.05, 0) is 49.6 Å². The lowest BCUT2D eigenvalue weighted by atomic mass is 10.1. The molecule has 7 nitrogen and oxygen atoms in total. The number of halogens is 1. The van der Waals surface area contributed by atoms with Gasteiger partial charge in [-0.1, -0.05) is 23.4 Å². The first-order chi connectivity index (χ1) is 14.0. The van der Waals surface area contributed by atoms with E-state index in [1.165, 1.54) is 18.2 Å². The maximum atomic E-state index is 13.8. The zero-order chi connectivity index (χ0) is 20.4. The molecule has 1 aromatic heterocycles. The Balaban J connectivity index is 1.43. The second-order valence-electron chi connectivity index (χ2n) is 6.97. The molecule has 0 radical (unpaired) electrons. The standard InChI is InChI=1S/C21H19FN4O3/c1-12-6-7-14(10-17(12)24-21(28)15-4-2-3-5-16(15)22)20(27)23-11-18-25-19(26-29-18)13-8-9-13/h2-7,10,13H,8-9,11H2,1H3,(H,23,27)(H,24,28). The number of nitrogens with one attached hydrogen (secondary N) is 2. The zero-order valence-corrected chi connectivity index (χ0v) is 15.7. The molecule has 1 aliphatic rings. The molecular weight excluding hydrogens is 375 g/mol. The van der Waals surface area contributed by atoms with E-state index in [0.717, 1.165) is 18.4 Å². The van der Waals surface area contributed by atoms with Crippen molar-refractivity contribution in [1.82, 2.24) is 15.5 Å². The Morgan fingerprint density at radius 2 is 1.97 bits per heavy atom. The number of hydrogen-bond donors (Lipinski definition) is 2. The van der Waals surface area contributed by atoms with Crippen LogP contribution in [0.1, 0.15) is 56.8 Å². The third-order valence-corrected chi connectivity index (χ3v) is 4.69. The molecule has 0 unspecified atom stereocenters. The monoisotopic (exact) mass is 394 g/mol. The van der Waals surface area contributed by atoms with Gasteiger partial charge in [0.15, 0.2) is 5.82 Å². The van der Waals surface area contributed by atoms with Crippen LogP contribution in [-0.4, -0.2) is 22.0 Å². The van der Waals surface area contributed by atoms with E-state index < -0.39 is 11.7 Å². The van der Waals surface area contributed by atoms with Gasteiger partial charge in [-0.2, -0.15) is 4.98 Å². The number of benzene rings is 2. The lowest BCUT2D eigenvalue weighted by Gasteiger charge is -2.11.